The van der Waals surface area contributed by atoms with Gasteiger partial charge in [-0.2, -0.15) is 0 Å². The number of benzene rings is 1. The molecule has 0 heterocycles. The molecule has 0 saturated heterocycles. The second kappa shape index (κ2) is 7.48. The molecule has 2 rings (SSSR count). The highest BCUT2D eigenvalue weighted by atomic mass is 79.9. The first-order valence-corrected chi connectivity index (χ1v) is 7.90. The molecule has 1 saturated carbocycles. The molecular formula is C16H21BrN2O. The van der Waals surface area contributed by atoms with E-state index in [2.05, 4.69) is 33.5 Å². The van der Waals surface area contributed by atoms with Crippen LogP contribution in [0.3, 0.4) is 0 Å². The number of nitrogens with one attached hydrogen (secondary N) is 2. The molecule has 2 N–H and O–H groups in total. The van der Waals surface area contributed by atoms with Crippen molar-refractivity contribution < 1.29 is 4.79 Å². The fraction of sp³-hybridized carbons (Fsp3) is 0.438. The number of carbonyl (C=O) groups is 1. The smallest absolute Gasteiger partial charge is 0.319 e. The van der Waals surface area contributed by atoms with Crippen molar-refractivity contribution >= 4 is 22.0 Å². The van der Waals surface area contributed by atoms with Gasteiger partial charge in [0.1, 0.15) is 0 Å². The monoisotopic (exact) mass is 336 g/mol. The van der Waals surface area contributed by atoms with E-state index in [1.54, 1.807) is 0 Å². The van der Waals surface area contributed by atoms with Crippen molar-refractivity contribution in [2.24, 2.45) is 5.92 Å². The van der Waals surface area contributed by atoms with Crippen LogP contribution in [0.1, 0.15) is 38.2 Å². The van der Waals surface area contributed by atoms with E-state index in [0.717, 1.165) is 10.0 Å². The molecule has 0 aromatic heterocycles. The average molecular weight is 337 g/mol. The Kier molecular flexibility index (Phi) is 5.65. The molecule has 1 fully saturated rings. The molecule has 2 amide bonds. The zero-order valence-electron chi connectivity index (χ0n) is 11.8. The topological polar surface area (TPSA) is 41.1 Å². The van der Waals surface area contributed by atoms with Crippen LogP contribution >= 0.6 is 15.9 Å². The molecular weight excluding hydrogens is 316 g/mol. The van der Waals surface area contributed by atoms with Crippen molar-refractivity contribution in [2.45, 2.75) is 39.2 Å². The third-order valence-corrected chi connectivity index (χ3v) is 4.27. The predicted octanol–water partition coefficient (Wildman–Crippen LogP) is 4.34. The number of urea groups is 1. The first-order valence-electron chi connectivity index (χ1n) is 7.10. The van der Waals surface area contributed by atoms with Gasteiger partial charge in [-0.1, -0.05) is 46.5 Å². The summed E-state index contributed by atoms with van der Waals surface area (Å²) in [5.74, 6) is 0.653. The average Bonchev–Trinajstić information content (AvgIpc) is 2.97. The van der Waals surface area contributed by atoms with Gasteiger partial charge >= 0.3 is 6.03 Å². The van der Waals surface area contributed by atoms with E-state index in [1.165, 1.54) is 31.3 Å². The minimum Gasteiger partial charge on any atom is -0.334 e. The lowest BCUT2D eigenvalue weighted by Gasteiger charge is -2.10. The van der Waals surface area contributed by atoms with E-state index in [4.69, 9.17) is 0 Å². The summed E-state index contributed by atoms with van der Waals surface area (Å²) in [5, 5.41) is 5.68. The van der Waals surface area contributed by atoms with E-state index in [-0.39, 0.29) is 6.03 Å². The fourth-order valence-electron chi connectivity index (χ4n) is 2.56. The largest absolute Gasteiger partial charge is 0.334 e. The van der Waals surface area contributed by atoms with Crippen LogP contribution in [0.25, 0.3) is 0 Å². The zero-order chi connectivity index (χ0) is 14.4. The lowest BCUT2D eigenvalue weighted by atomic mass is 10.0. The Morgan fingerprint density at radius 1 is 1.40 bits per heavy atom. The molecule has 1 aromatic rings. The van der Waals surface area contributed by atoms with Gasteiger partial charge in [-0.25, -0.2) is 4.79 Å². The number of amides is 2. The van der Waals surface area contributed by atoms with Gasteiger partial charge in [-0.3, -0.25) is 0 Å². The zero-order valence-corrected chi connectivity index (χ0v) is 13.4. The van der Waals surface area contributed by atoms with Crippen molar-refractivity contribution in [3.8, 4) is 0 Å². The fourth-order valence-corrected chi connectivity index (χ4v) is 3.01. The Bertz CT molecular complexity index is 493. The molecule has 0 aliphatic heterocycles. The first-order chi connectivity index (χ1) is 9.65. The van der Waals surface area contributed by atoms with Crippen molar-refractivity contribution in [1.29, 1.82) is 0 Å². The number of hydrogen-bond acceptors (Lipinski definition) is 1. The summed E-state index contributed by atoms with van der Waals surface area (Å²) in [6, 6.07) is 7.77. The summed E-state index contributed by atoms with van der Waals surface area (Å²) in [7, 11) is 0. The third kappa shape index (κ3) is 4.67. The second-order valence-electron chi connectivity index (χ2n) is 5.33. The van der Waals surface area contributed by atoms with Gasteiger partial charge in [-0.15, -0.1) is 0 Å². The normalized spacial score (nSPS) is 16.2. The van der Waals surface area contributed by atoms with Crippen molar-refractivity contribution in [3.63, 3.8) is 0 Å². The Morgan fingerprint density at radius 3 is 2.85 bits per heavy atom. The van der Waals surface area contributed by atoms with E-state index in [0.29, 0.717) is 12.5 Å². The Morgan fingerprint density at radius 2 is 2.15 bits per heavy atom. The van der Waals surface area contributed by atoms with Gasteiger partial charge in [0.15, 0.2) is 0 Å². The van der Waals surface area contributed by atoms with Crippen LogP contribution < -0.4 is 10.6 Å². The van der Waals surface area contributed by atoms with Gasteiger partial charge in [0, 0.05) is 17.2 Å². The molecule has 1 aromatic carbocycles. The number of halogens is 1. The molecule has 108 valence electrons. The first kappa shape index (κ1) is 15.1. The van der Waals surface area contributed by atoms with Crippen molar-refractivity contribution in [3.05, 3.63) is 46.1 Å². The Balaban J connectivity index is 1.76. The van der Waals surface area contributed by atoms with Crippen LogP contribution in [0.4, 0.5) is 4.79 Å². The highest BCUT2D eigenvalue weighted by molar-refractivity contribution is 9.10. The van der Waals surface area contributed by atoms with Crippen LogP contribution in [0.5, 0.6) is 0 Å². The van der Waals surface area contributed by atoms with E-state index < -0.39 is 0 Å². The van der Waals surface area contributed by atoms with Crippen LogP contribution in [-0.2, 0) is 6.54 Å². The van der Waals surface area contributed by atoms with Crippen LogP contribution in [0, 0.1) is 5.92 Å². The van der Waals surface area contributed by atoms with Gasteiger partial charge < -0.3 is 10.6 Å². The number of carbonyl (C=O) groups excluding carboxylic acids is 1. The highest BCUT2D eigenvalue weighted by Crippen LogP contribution is 2.30. The summed E-state index contributed by atoms with van der Waals surface area (Å²) >= 11 is 3.42. The maximum atomic E-state index is 11.7. The van der Waals surface area contributed by atoms with Gasteiger partial charge in [0.2, 0.25) is 0 Å². The lowest BCUT2D eigenvalue weighted by Crippen LogP contribution is -2.32. The molecule has 0 radical (unpaired) electrons. The van der Waals surface area contributed by atoms with Crippen LogP contribution in [0.15, 0.2) is 40.5 Å². The minimum atomic E-state index is -0.151. The van der Waals surface area contributed by atoms with Crippen molar-refractivity contribution in [2.75, 3.05) is 0 Å². The van der Waals surface area contributed by atoms with Crippen LogP contribution in [-0.4, -0.2) is 6.03 Å². The molecule has 1 aliphatic carbocycles. The van der Waals surface area contributed by atoms with Gasteiger partial charge in [0.05, 0.1) is 0 Å². The molecule has 0 unspecified atom stereocenters. The third-order valence-electron chi connectivity index (χ3n) is 3.77. The number of rotatable bonds is 4. The quantitative estimate of drug-likeness (QED) is 0.843. The minimum absolute atomic E-state index is 0.151. The molecule has 0 atom stereocenters. The molecule has 0 spiro atoms. The number of hydrogen-bond donors (Lipinski definition) is 2. The maximum Gasteiger partial charge on any atom is 0.319 e. The maximum absolute atomic E-state index is 11.7. The van der Waals surface area contributed by atoms with Gasteiger partial charge in [0.25, 0.3) is 0 Å². The summed E-state index contributed by atoms with van der Waals surface area (Å²) < 4.78 is 1.02. The summed E-state index contributed by atoms with van der Waals surface area (Å²) in [4.78, 5) is 11.7. The molecule has 0 bridgehead atoms. The number of allylic oxidation sites excluding steroid dienone is 1. The van der Waals surface area contributed by atoms with E-state index in [9.17, 15) is 4.79 Å². The van der Waals surface area contributed by atoms with E-state index >= 15 is 0 Å². The SMILES string of the molecule is C/C(=C\NC(=O)NCc1cccc(Br)c1)C1CCCC1. The molecule has 4 heteroatoms. The highest BCUT2D eigenvalue weighted by Gasteiger charge is 2.16. The summed E-state index contributed by atoms with van der Waals surface area (Å²) in [6.07, 6.45) is 6.98. The summed E-state index contributed by atoms with van der Waals surface area (Å²) in [5.41, 5.74) is 2.35. The standard InChI is InChI=1S/C16H21BrN2O/c1-12(14-6-2-3-7-14)10-18-16(20)19-11-13-5-4-8-15(17)9-13/h4-5,8-10,14H,2-3,6-7,11H2,1H3,(H2,18,19,20)/b12-10+. The second-order valence-corrected chi connectivity index (χ2v) is 6.24. The Hall–Kier alpha value is -1.29. The molecule has 3 nitrogen and oxygen atoms in total. The van der Waals surface area contributed by atoms with Gasteiger partial charge in [-0.05, 0) is 43.4 Å². The molecule has 20 heavy (non-hydrogen) atoms. The lowest BCUT2D eigenvalue weighted by molar-refractivity contribution is 0.243. The molecule has 1 aliphatic rings. The summed E-state index contributed by atoms with van der Waals surface area (Å²) in [6.45, 7) is 2.63. The van der Waals surface area contributed by atoms with Crippen molar-refractivity contribution in [1.82, 2.24) is 10.6 Å². The van der Waals surface area contributed by atoms with Crippen LogP contribution in [0.2, 0.25) is 0 Å². The predicted molar refractivity (Wildman–Crippen MR) is 85.2 cm³/mol. The Labute approximate surface area is 129 Å². The van der Waals surface area contributed by atoms with E-state index in [1.807, 2.05) is 30.5 Å².